The van der Waals surface area contributed by atoms with E-state index in [2.05, 4.69) is 10.3 Å². The molecule has 0 unspecified atom stereocenters. The van der Waals surface area contributed by atoms with Crippen molar-refractivity contribution in [1.82, 2.24) is 9.88 Å². The van der Waals surface area contributed by atoms with E-state index in [1.807, 2.05) is 12.1 Å². The van der Waals surface area contributed by atoms with E-state index in [-0.39, 0.29) is 23.7 Å². The number of hydrogen-bond acceptors (Lipinski definition) is 3. The topological polar surface area (TPSA) is 54.5 Å². The molecule has 1 atom stereocenters. The van der Waals surface area contributed by atoms with Gasteiger partial charge in [-0.3, -0.25) is 4.98 Å². The summed E-state index contributed by atoms with van der Waals surface area (Å²) in [6, 6.07) is 22.0. The molecular formula is C27H21F2N3O2. The lowest BCUT2D eigenvalue weighted by molar-refractivity contribution is 0.193. The molecule has 1 aliphatic rings. The van der Waals surface area contributed by atoms with Crippen molar-refractivity contribution >= 4 is 11.7 Å². The fraction of sp³-hybridized carbons (Fsp3) is 0.111. The second kappa shape index (κ2) is 9.31. The fourth-order valence-electron chi connectivity index (χ4n) is 4.10. The molecular weight excluding hydrogens is 436 g/mol. The number of urea groups is 1. The first-order valence-corrected chi connectivity index (χ1v) is 10.9. The van der Waals surface area contributed by atoms with Crippen LogP contribution in [0.15, 0.2) is 91.1 Å². The largest absolute Gasteiger partial charge is 0.457 e. The van der Waals surface area contributed by atoms with Crippen LogP contribution >= 0.6 is 0 Å². The zero-order valence-corrected chi connectivity index (χ0v) is 18.1. The number of carbonyl (C=O) groups is 1. The maximum atomic E-state index is 13.5. The quantitative estimate of drug-likeness (QED) is 0.390. The van der Waals surface area contributed by atoms with Crippen molar-refractivity contribution in [2.24, 2.45) is 0 Å². The lowest BCUT2D eigenvalue weighted by atomic mass is 9.91. The van der Waals surface area contributed by atoms with Crippen molar-refractivity contribution in [1.29, 1.82) is 0 Å². The number of hydrogen-bond donors (Lipinski definition) is 1. The predicted octanol–water partition coefficient (Wildman–Crippen LogP) is 6.33. The maximum Gasteiger partial charge on any atom is 0.322 e. The third-order valence-corrected chi connectivity index (χ3v) is 5.72. The second-order valence-electron chi connectivity index (χ2n) is 7.95. The van der Waals surface area contributed by atoms with Gasteiger partial charge < -0.3 is 15.0 Å². The Bertz CT molecular complexity index is 1290. The van der Waals surface area contributed by atoms with Gasteiger partial charge in [0.05, 0.1) is 6.04 Å². The predicted molar refractivity (Wildman–Crippen MR) is 125 cm³/mol. The number of carbonyl (C=O) groups excluding carboxylic acids is 1. The maximum absolute atomic E-state index is 13.5. The Labute approximate surface area is 195 Å². The standard InChI is InChI=1S/C27H21F2N3O2/c28-19-5-3-18(4-6-19)26-24-2-1-16-30-25(24)15-17-32(26)27(33)31-21-9-13-23(14-10-21)34-22-11-7-20(29)8-12-22/h1-14,16,26H,15,17H2,(H,31,33)/t26-/m0/s1. The number of ether oxygens (including phenoxy) is 1. The number of halogens is 2. The molecule has 2 amide bonds. The highest BCUT2D eigenvalue weighted by molar-refractivity contribution is 5.90. The molecule has 5 nitrogen and oxygen atoms in total. The third kappa shape index (κ3) is 4.59. The number of fused-ring (bicyclic) bond motifs is 1. The molecule has 0 saturated heterocycles. The van der Waals surface area contributed by atoms with Crippen molar-refractivity contribution in [2.75, 3.05) is 11.9 Å². The van der Waals surface area contributed by atoms with Gasteiger partial charge in [0, 0.05) is 36.1 Å². The molecule has 34 heavy (non-hydrogen) atoms. The van der Waals surface area contributed by atoms with Crippen LogP contribution in [0.25, 0.3) is 0 Å². The summed E-state index contributed by atoms with van der Waals surface area (Å²) in [5.41, 5.74) is 3.28. The van der Waals surface area contributed by atoms with E-state index in [4.69, 9.17) is 4.74 Å². The van der Waals surface area contributed by atoms with Crippen molar-refractivity contribution in [3.63, 3.8) is 0 Å². The van der Waals surface area contributed by atoms with E-state index in [1.165, 1.54) is 24.3 Å². The van der Waals surface area contributed by atoms with E-state index in [0.29, 0.717) is 30.2 Å². The zero-order chi connectivity index (χ0) is 23.5. The van der Waals surface area contributed by atoms with E-state index in [1.54, 1.807) is 59.6 Å². The van der Waals surface area contributed by atoms with Gasteiger partial charge in [-0.1, -0.05) is 18.2 Å². The Morgan fingerprint density at radius 1 is 0.882 bits per heavy atom. The molecule has 0 radical (unpaired) electrons. The van der Waals surface area contributed by atoms with E-state index in [0.717, 1.165) is 16.8 Å². The summed E-state index contributed by atoms with van der Waals surface area (Å²) in [4.78, 5) is 19.5. The Morgan fingerprint density at radius 3 is 2.18 bits per heavy atom. The summed E-state index contributed by atoms with van der Waals surface area (Å²) >= 11 is 0. The molecule has 1 aromatic heterocycles. The summed E-state index contributed by atoms with van der Waals surface area (Å²) in [5, 5.41) is 2.94. The average Bonchev–Trinajstić information content (AvgIpc) is 2.86. The first-order chi connectivity index (χ1) is 16.6. The van der Waals surface area contributed by atoms with Gasteiger partial charge in [0.25, 0.3) is 0 Å². The van der Waals surface area contributed by atoms with Gasteiger partial charge in [-0.2, -0.15) is 0 Å². The molecule has 0 fully saturated rings. The molecule has 2 heterocycles. The number of rotatable bonds is 4. The molecule has 5 rings (SSSR count). The van der Waals surface area contributed by atoms with Crippen LogP contribution in [0.4, 0.5) is 19.3 Å². The van der Waals surface area contributed by atoms with Gasteiger partial charge in [-0.15, -0.1) is 0 Å². The van der Waals surface area contributed by atoms with Crippen LogP contribution in [-0.4, -0.2) is 22.5 Å². The summed E-state index contributed by atoms with van der Waals surface area (Å²) in [6.45, 7) is 0.476. The first kappa shape index (κ1) is 21.6. The number of nitrogens with one attached hydrogen (secondary N) is 1. The highest BCUT2D eigenvalue weighted by atomic mass is 19.1. The van der Waals surface area contributed by atoms with Crippen LogP contribution in [0.1, 0.15) is 22.9 Å². The minimum atomic E-state index is -0.376. The Hall–Kier alpha value is -4.26. The van der Waals surface area contributed by atoms with Crippen LogP contribution in [0, 0.1) is 11.6 Å². The molecule has 7 heteroatoms. The minimum Gasteiger partial charge on any atom is -0.457 e. The highest BCUT2D eigenvalue weighted by Crippen LogP contribution is 2.35. The summed E-state index contributed by atoms with van der Waals surface area (Å²) in [5.74, 6) is 0.415. The van der Waals surface area contributed by atoms with Gasteiger partial charge in [0.1, 0.15) is 23.1 Å². The van der Waals surface area contributed by atoms with Crippen molar-refractivity contribution in [3.8, 4) is 11.5 Å². The Morgan fingerprint density at radius 2 is 1.50 bits per heavy atom. The van der Waals surface area contributed by atoms with Gasteiger partial charge in [0.2, 0.25) is 0 Å². The number of nitrogens with zero attached hydrogens (tertiary/aromatic N) is 2. The van der Waals surface area contributed by atoms with Crippen LogP contribution in [0.2, 0.25) is 0 Å². The Balaban J connectivity index is 1.34. The lowest BCUT2D eigenvalue weighted by Crippen LogP contribution is -2.43. The number of amides is 2. The number of benzene rings is 3. The van der Waals surface area contributed by atoms with Crippen molar-refractivity contribution < 1.29 is 18.3 Å². The molecule has 0 aliphatic carbocycles. The summed E-state index contributed by atoms with van der Waals surface area (Å²) in [6.07, 6.45) is 2.37. The number of aromatic nitrogens is 1. The second-order valence-corrected chi connectivity index (χ2v) is 7.95. The average molecular weight is 457 g/mol. The van der Waals surface area contributed by atoms with Crippen molar-refractivity contribution in [2.45, 2.75) is 12.5 Å². The summed E-state index contributed by atoms with van der Waals surface area (Å²) < 4.78 is 32.3. The fourth-order valence-corrected chi connectivity index (χ4v) is 4.10. The SMILES string of the molecule is O=C(Nc1ccc(Oc2ccc(F)cc2)cc1)N1CCc2ncccc2[C@@H]1c1ccc(F)cc1. The zero-order valence-electron chi connectivity index (χ0n) is 18.1. The summed E-state index contributed by atoms with van der Waals surface area (Å²) in [7, 11) is 0. The van der Waals surface area contributed by atoms with E-state index in [9.17, 15) is 13.6 Å². The van der Waals surface area contributed by atoms with Crippen LogP contribution in [-0.2, 0) is 6.42 Å². The lowest BCUT2D eigenvalue weighted by Gasteiger charge is -2.37. The van der Waals surface area contributed by atoms with Gasteiger partial charge in [-0.25, -0.2) is 13.6 Å². The van der Waals surface area contributed by atoms with Crippen LogP contribution < -0.4 is 10.1 Å². The number of pyridine rings is 1. The smallest absolute Gasteiger partial charge is 0.322 e. The molecule has 1 aliphatic heterocycles. The normalized spacial score (nSPS) is 14.9. The van der Waals surface area contributed by atoms with Gasteiger partial charge in [-0.05, 0) is 72.3 Å². The molecule has 1 N–H and O–H groups in total. The van der Waals surface area contributed by atoms with E-state index >= 15 is 0 Å². The Kier molecular flexibility index (Phi) is 5.91. The number of anilines is 1. The first-order valence-electron chi connectivity index (χ1n) is 10.9. The molecule has 3 aromatic carbocycles. The van der Waals surface area contributed by atoms with Crippen molar-refractivity contribution in [3.05, 3.63) is 120 Å². The van der Waals surface area contributed by atoms with E-state index < -0.39 is 0 Å². The minimum absolute atomic E-state index is 0.268. The molecule has 170 valence electrons. The molecule has 0 spiro atoms. The van der Waals surface area contributed by atoms with Crippen LogP contribution in [0.3, 0.4) is 0 Å². The molecule has 4 aromatic rings. The third-order valence-electron chi connectivity index (χ3n) is 5.72. The van der Waals surface area contributed by atoms with Crippen LogP contribution in [0.5, 0.6) is 11.5 Å². The van der Waals surface area contributed by atoms with Gasteiger partial charge in [0.15, 0.2) is 0 Å². The molecule has 0 saturated carbocycles. The van der Waals surface area contributed by atoms with Gasteiger partial charge >= 0.3 is 6.03 Å². The highest BCUT2D eigenvalue weighted by Gasteiger charge is 2.32. The monoisotopic (exact) mass is 457 g/mol. The molecule has 0 bridgehead atoms.